The number of hydrogen-bond acceptors (Lipinski definition) is 6. The number of hydrogen-bond donors (Lipinski definition) is 2. The molecule has 8 nitrogen and oxygen atoms in total. The van der Waals surface area contributed by atoms with Gasteiger partial charge >= 0.3 is 5.97 Å². The Balaban J connectivity index is 1.73. The Hall–Kier alpha value is -3.82. The van der Waals surface area contributed by atoms with E-state index >= 15 is 0 Å². The van der Waals surface area contributed by atoms with Gasteiger partial charge in [-0.05, 0) is 38.1 Å². The highest BCUT2D eigenvalue weighted by atomic mass is 32.2. The molecular weight excluding hydrogens is 468 g/mol. The number of ether oxygens (including phenoxy) is 1. The molecule has 0 spiro atoms. The van der Waals surface area contributed by atoms with Gasteiger partial charge in [0.1, 0.15) is 6.54 Å². The number of carbonyl (C=O) groups is 3. The van der Waals surface area contributed by atoms with E-state index in [2.05, 4.69) is 10.0 Å². The summed E-state index contributed by atoms with van der Waals surface area (Å²) in [5, 5.41) is 2.54. The lowest BCUT2D eigenvalue weighted by molar-refractivity contribution is -0.145. The monoisotopic (exact) mass is 494 g/mol. The Morgan fingerprint density at radius 3 is 1.91 bits per heavy atom. The predicted octanol–water partition coefficient (Wildman–Crippen LogP) is 3.71. The maximum Gasteiger partial charge on any atom is 0.322 e. The summed E-state index contributed by atoms with van der Waals surface area (Å²) in [6, 6.07) is 19.3. The normalized spacial score (nSPS) is 12.0. The molecule has 3 aromatic carbocycles. The molecule has 0 saturated heterocycles. The lowest BCUT2D eigenvalue weighted by Crippen LogP contribution is -2.32. The molecule has 0 aliphatic heterocycles. The average Bonchev–Trinajstić information content (AvgIpc) is 2.82. The number of rotatable bonds is 9. The van der Waals surface area contributed by atoms with Crippen LogP contribution in [-0.4, -0.2) is 32.6 Å². The van der Waals surface area contributed by atoms with E-state index in [-0.39, 0.29) is 10.8 Å². The zero-order valence-electron chi connectivity index (χ0n) is 19.6. The number of anilines is 1. The summed E-state index contributed by atoms with van der Waals surface area (Å²) >= 11 is 0. The number of aryl methyl sites for hydroxylation is 2. The second-order valence-electron chi connectivity index (χ2n) is 8.04. The SMILES string of the molecule is CC(=O)Nc1ccc(S(=O)(=O)NCC(=O)OC(C(=O)c2ccc(C)cc2)c2ccc(C)cc2)cc1. The standard InChI is InChI=1S/C26H26N2O6S/c1-17-4-8-20(9-5-17)25(31)26(21-10-6-18(2)7-11-21)34-24(30)16-27-35(32,33)23-14-12-22(13-15-23)28-19(3)29/h4-15,26-27H,16H2,1-3H3,(H,28,29). The Morgan fingerprint density at radius 2 is 1.37 bits per heavy atom. The van der Waals surface area contributed by atoms with E-state index < -0.39 is 34.4 Å². The molecule has 182 valence electrons. The fraction of sp³-hybridized carbons (Fsp3) is 0.192. The summed E-state index contributed by atoms with van der Waals surface area (Å²) in [5.41, 5.74) is 3.23. The van der Waals surface area contributed by atoms with E-state index in [1.54, 1.807) is 48.5 Å². The van der Waals surface area contributed by atoms with Crippen LogP contribution in [0.25, 0.3) is 0 Å². The second kappa shape index (κ2) is 11.1. The molecule has 1 atom stereocenters. The van der Waals surface area contributed by atoms with Crippen molar-refractivity contribution in [2.24, 2.45) is 0 Å². The third kappa shape index (κ3) is 7.08. The van der Waals surface area contributed by atoms with Crippen molar-refractivity contribution in [1.29, 1.82) is 0 Å². The zero-order chi connectivity index (χ0) is 25.6. The largest absolute Gasteiger partial charge is 0.448 e. The fourth-order valence-electron chi connectivity index (χ4n) is 3.21. The van der Waals surface area contributed by atoms with Crippen LogP contribution in [0.3, 0.4) is 0 Å². The molecule has 0 heterocycles. The summed E-state index contributed by atoms with van der Waals surface area (Å²) in [6.07, 6.45) is -1.23. The van der Waals surface area contributed by atoms with Gasteiger partial charge < -0.3 is 10.1 Å². The van der Waals surface area contributed by atoms with E-state index in [4.69, 9.17) is 4.74 Å². The Labute approximate surface area is 204 Å². The minimum absolute atomic E-state index is 0.0924. The summed E-state index contributed by atoms with van der Waals surface area (Å²) in [7, 11) is -4.03. The summed E-state index contributed by atoms with van der Waals surface area (Å²) < 4.78 is 32.8. The number of Topliss-reactive ketones (excluding diaryl/α,β-unsaturated/α-hetero) is 1. The molecule has 0 bridgehead atoms. The van der Waals surface area contributed by atoms with Crippen LogP contribution in [0.1, 0.15) is 40.1 Å². The molecular formula is C26H26N2O6S. The molecule has 35 heavy (non-hydrogen) atoms. The first kappa shape index (κ1) is 25.8. The molecule has 9 heteroatoms. The van der Waals surface area contributed by atoms with E-state index in [1.165, 1.54) is 31.2 Å². The number of sulfonamides is 1. The first-order chi connectivity index (χ1) is 16.5. The van der Waals surface area contributed by atoms with Crippen molar-refractivity contribution in [3.05, 3.63) is 95.1 Å². The molecule has 0 aromatic heterocycles. The van der Waals surface area contributed by atoms with Crippen molar-refractivity contribution in [2.75, 3.05) is 11.9 Å². The van der Waals surface area contributed by atoms with Gasteiger partial charge in [-0.15, -0.1) is 0 Å². The summed E-state index contributed by atoms with van der Waals surface area (Å²) in [5.74, 6) is -1.61. The molecule has 1 unspecified atom stereocenters. The maximum atomic E-state index is 13.2. The van der Waals surface area contributed by atoms with Crippen LogP contribution in [0, 0.1) is 13.8 Å². The number of esters is 1. The lowest BCUT2D eigenvalue weighted by atomic mass is 9.98. The van der Waals surface area contributed by atoms with Crippen molar-refractivity contribution < 1.29 is 27.5 Å². The number of carbonyl (C=O) groups excluding carboxylic acids is 3. The van der Waals surface area contributed by atoms with Gasteiger partial charge in [0.2, 0.25) is 21.7 Å². The Morgan fingerprint density at radius 1 is 0.829 bits per heavy atom. The van der Waals surface area contributed by atoms with Crippen molar-refractivity contribution in [3.8, 4) is 0 Å². The van der Waals surface area contributed by atoms with Gasteiger partial charge in [0.05, 0.1) is 4.90 Å². The molecule has 0 aliphatic rings. The minimum atomic E-state index is -4.03. The van der Waals surface area contributed by atoms with E-state index in [0.717, 1.165) is 11.1 Å². The van der Waals surface area contributed by atoms with Crippen LogP contribution < -0.4 is 10.0 Å². The highest BCUT2D eigenvalue weighted by molar-refractivity contribution is 7.89. The van der Waals surface area contributed by atoms with Crippen LogP contribution in [0.4, 0.5) is 5.69 Å². The highest BCUT2D eigenvalue weighted by Gasteiger charge is 2.27. The smallest absolute Gasteiger partial charge is 0.322 e. The van der Waals surface area contributed by atoms with Gasteiger partial charge in [-0.25, -0.2) is 8.42 Å². The fourth-order valence-corrected chi connectivity index (χ4v) is 4.18. The highest BCUT2D eigenvalue weighted by Crippen LogP contribution is 2.24. The van der Waals surface area contributed by atoms with Gasteiger partial charge in [0, 0.05) is 23.7 Å². The quantitative estimate of drug-likeness (QED) is 0.346. The van der Waals surface area contributed by atoms with Crippen LogP contribution in [0.2, 0.25) is 0 Å². The van der Waals surface area contributed by atoms with Gasteiger partial charge in [-0.1, -0.05) is 59.7 Å². The van der Waals surface area contributed by atoms with Crippen molar-refractivity contribution in [3.63, 3.8) is 0 Å². The molecule has 0 saturated carbocycles. The van der Waals surface area contributed by atoms with Crippen LogP contribution in [0.5, 0.6) is 0 Å². The molecule has 0 radical (unpaired) electrons. The van der Waals surface area contributed by atoms with Crippen LogP contribution >= 0.6 is 0 Å². The average molecular weight is 495 g/mol. The zero-order valence-corrected chi connectivity index (χ0v) is 20.4. The third-order valence-electron chi connectivity index (χ3n) is 5.10. The van der Waals surface area contributed by atoms with Crippen molar-refractivity contribution in [1.82, 2.24) is 4.72 Å². The maximum absolute atomic E-state index is 13.2. The molecule has 0 fully saturated rings. The lowest BCUT2D eigenvalue weighted by Gasteiger charge is -2.18. The second-order valence-corrected chi connectivity index (χ2v) is 9.81. The first-order valence-corrected chi connectivity index (χ1v) is 12.3. The van der Waals surface area contributed by atoms with Gasteiger partial charge in [-0.3, -0.25) is 14.4 Å². The molecule has 2 N–H and O–H groups in total. The number of nitrogens with one attached hydrogen (secondary N) is 2. The summed E-state index contributed by atoms with van der Waals surface area (Å²) in [4.78, 5) is 36.8. The molecule has 3 rings (SSSR count). The number of benzene rings is 3. The summed E-state index contributed by atoms with van der Waals surface area (Å²) in [6.45, 7) is 4.46. The predicted molar refractivity (Wildman–Crippen MR) is 131 cm³/mol. The number of ketones is 1. The van der Waals surface area contributed by atoms with Crippen molar-refractivity contribution in [2.45, 2.75) is 31.8 Å². The third-order valence-corrected chi connectivity index (χ3v) is 6.51. The molecule has 0 aliphatic carbocycles. The first-order valence-electron chi connectivity index (χ1n) is 10.8. The molecule has 1 amide bonds. The Bertz CT molecular complexity index is 1320. The number of amides is 1. The van der Waals surface area contributed by atoms with Crippen molar-refractivity contribution >= 4 is 33.4 Å². The van der Waals surface area contributed by atoms with E-state index in [9.17, 15) is 22.8 Å². The van der Waals surface area contributed by atoms with Gasteiger partial charge in [-0.2, -0.15) is 4.72 Å². The minimum Gasteiger partial charge on any atom is -0.448 e. The van der Waals surface area contributed by atoms with Gasteiger partial charge in [0.25, 0.3) is 0 Å². The van der Waals surface area contributed by atoms with E-state index in [1.807, 2.05) is 13.8 Å². The topological polar surface area (TPSA) is 119 Å². The van der Waals surface area contributed by atoms with Crippen LogP contribution in [-0.2, 0) is 24.3 Å². The van der Waals surface area contributed by atoms with Gasteiger partial charge in [0.15, 0.2) is 6.10 Å². The molecule has 3 aromatic rings. The Kier molecular flexibility index (Phi) is 8.16. The van der Waals surface area contributed by atoms with E-state index in [0.29, 0.717) is 16.8 Å². The van der Waals surface area contributed by atoms with Crippen LogP contribution in [0.15, 0.2) is 77.7 Å².